The standard InChI is InChI=1S/C22H31N5O3/c1-4-6-8-9-15-29-18-12-10-17(11-13-18)20-19(21(28)30-14-7-5-2)16(3)23-22-24-25-26-27(20)22/h10-13,20H,4-9,14-15H2,1-3H3,(H,23,24,26). The minimum absolute atomic E-state index is 0.351. The van der Waals surface area contributed by atoms with Crippen molar-refractivity contribution in [1.82, 2.24) is 20.2 Å². The van der Waals surface area contributed by atoms with Crippen molar-refractivity contribution in [2.75, 3.05) is 18.5 Å². The second kappa shape index (κ2) is 10.8. The maximum Gasteiger partial charge on any atom is 0.338 e. The molecule has 30 heavy (non-hydrogen) atoms. The molecule has 0 saturated carbocycles. The van der Waals surface area contributed by atoms with Crippen LogP contribution >= 0.6 is 0 Å². The van der Waals surface area contributed by atoms with Crippen LogP contribution in [-0.2, 0) is 9.53 Å². The van der Waals surface area contributed by atoms with Gasteiger partial charge in [0.05, 0.1) is 18.8 Å². The molecule has 0 radical (unpaired) electrons. The van der Waals surface area contributed by atoms with Crippen molar-refractivity contribution in [2.45, 2.75) is 65.3 Å². The van der Waals surface area contributed by atoms with E-state index in [4.69, 9.17) is 9.47 Å². The van der Waals surface area contributed by atoms with Crippen molar-refractivity contribution in [2.24, 2.45) is 0 Å². The molecule has 1 unspecified atom stereocenters. The third-order valence-electron chi connectivity index (χ3n) is 5.13. The quantitative estimate of drug-likeness (QED) is 0.434. The minimum Gasteiger partial charge on any atom is -0.494 e. The van der Waals surface area contributed by atoms with Gasteiger partial charge in [0.15, 0.2) is 0 Å². The molecular weight excluding hydrogens is 382 g/mol. The average molecular weight is 414 g/mol. The number of benzene rings is 1. The number of fused-ring (bicyclic) bond motifs is 1. The van der Waals surface area contributed by atoms with Crippen LogP contribution in [0.2, 0.25) is 0 Å². The molecule has 0 bridgehead atoms. The topological polar surface area (TPSA) is 91.2 Å². The summed E-state index contributed by atoms with van der Waals surface area (Å²) in [5, 5.41) is 15.0. The van der Waals surface area contributed by atoms with E-state index in [-0.39, 0.29) is 5.97 Å². The molecule has 2 heterocycles. The summed E-state index contributed by atoms with van der Waals surface area (Å²) in [6, 6.07) is 7.31. The number of unbranched alkanes of at least 4 members (excludes halogenated alkanes) is 4. The van der Waals surface area contributed by atoms with Crippen LogP contribution in [0.5, 0.6) is 5.75 Å². The number of hydrogen-bond acceptors (Lipinski definition) is 7. The summed E-state index contributed by atoms with van der Waals surface area (Å²) >= 11 is 0. The Kier molecular flexibility index (Phi) is 7.82. The molecule has 0 saturated heterocycles. The van der Waals surface area contributed by atoms with Gasteiger partial charge in [0.25, 0.3) is 0 Å². The van der Waals surface area contributed by atoms with E-state index in [1.807, 2.05) is 31.2 Å². The number of esters is 1. The van der Waals surface area contributed by atoms with Gasteiger partial charge in [-0.15, -0.1) is 0 Å². The van der Waals surface area contributed by atoms with Crippen LogP contribution < -0.4 is 10.1 Å². The van der Waals surface area contributed by atoms with Gasteiger partial charge in [-0.3, -0.25) is 0 Å². The van der Waals surface area contributed by atoms with Gasteiger partial charge in [-0.25, -0.2) is 4.79 Å². The van der Waals surface area contributed by atoms with E-state index in [1.54, 1.807) is 4.68 Å². The lowest BCUT2D eigenvalue weighted by molar-refractivity contribution is -0.139. The summed E-state index contributed by atoms with van der Waals surface area (Å²) in [4.78, 5) is 12.9. The van der Waals surface area contributed by atoms with Gasteiger partial charge >= 0.3 is 5.97 Å². The van der Waals surface area contributed by atoms with Gasteiger partial charge in [-0.2, -0.15) is 4.68 Å². The molecule has 3 rings (SSSR count). The Bertz CT molecular complexity index is 860. The number of anilines is 1. The van der Waals surface area contributed by atoms with Crippen molar-refractivity contribution in [3.05, 3.63) is 41.1 Å². The maximum atomic E-state index is 12.9. The van der Waals surface area contributed by atoms with E-state index < -0.39 is 6.04 Å². The number of tetrazole rings is 1. The Morgan fingerprint density at radius 3 is 2.57 bits per heavy atom. The van der Waals surface area contributed by atoms with Crippen LogP contribution in [0, 0.1) is 0 Å². The molecule has 1 aromatic heterocycles. The van der Waals surface area contributed by atoms with E-state index in [0.29, 0.717) is 30.4 Å². The molecule has 2 aromatic rings. The normalized spacial score (nSPS) is 15.5. The summed E-state index contributed by atoms with van der Waals surface area (Å²) in [7, 11) is 0. The first-order valence-electron chi connectivity index (χ1n) is 10.8. The first-order valence-corrected chi connectivity index (χ1v) is 10.8. The fraction of sp³-hybridized carbons (Fsp3) is 0.545. The highest BCUT2D eigenvalue weighted by atomic mass is 16.5. The van der Waals surface area contributed by atoms with E-state index in [2.05, 4.69) is 34.7 Å². The van der Waals surface area contributed by atoms with Crippen LogP contribution in [0.3, 0.4) is 0 Å². The highest BCUT2D eigenvalue weighted by molar-refractivity contribution is 5.92. The molecule has 1 aliphatic heterocycles. The minimum atomic E-state index is -0.455. The van der Waals surface area contributed by atoms with Crippen molar-refractivity contribution in [3.63, 3.8) is 0 Å². The highest BCUT2D eigenvalue weighted by Crippen LogP contribution is 2.35. The molecule has 8 heteroatoms. The zero-order valence-electron chi connectivity index (χ0n) is 18.1. The van der Waals surface area contributed by atoms with Gasteiger partial charge < -0.3 is 14.8 Å². The molecule has 1 atom stereocenters. The van der Waals surface area contributed by atoms with Crippen LogP contribution in [0.4, 0.5) is 5.95 Å². The van der Waals surface area contributed by atoms with E-state index in [9.17, 15) is 4.79 Å². The van der Waals surface area contributed by atoms with Gasteiger partial charge in [0, 0.05) is 5.70 Å². The summed E-state index contributed by atoms with van der Waals surface area (Å²) in [5.74, 6) is 0.962. The van der Waals surface area contributed by atoms with Gasteiger partial charge in [0.2, 0.25) is 5.95 Å². The molecule has 0 amide bonds. The predicted molar refractivity (Wildman–Crippen MR) is 114 cm³/mol. The third kappa shape index (κ3) is 5.17. The molecule has 1 aliphatic rings. The van der Waals surface area contributed by atoms with Gasteiger partial charge in [-0.05, 0) is 47.9 Å². The number of allylic oxidation sites excluding steroid dienone is 1. The Morgan fingerprint density at radius 1 is 1.07 bits per heavy atom. The summed E-state index contributed by atoms with van der Waals surface area (Å²) in [6.07, 6.45) is 6.46. The Morgan fingerprint density at radius 2 is 1.83 bits per heavy atom. The lowest BCUT2D eigenvalue weighted by atomic mass is 9.96. The summed E-state index contributed by atoms with van der Waals surface area (Å²) < 4.78 is 13.0. The monoisotopic (exact) mass is 413 g/mol. The molecule has 1 aromatic carbocycles. The summed E-state index contributed by atoms with van der Waals surface area (Å²) in [5.41, 5.74) is 2.10. The molecule has 162 valence electrons. The number of carbonyl (C=O) groups excluding carboxylic acids is 1. The molecule has 1 N–H and O–H groups in total. The van der Waals surface area contributed by atoms with Crippen LogP contribution in [0.25, 0.3) is 0 Å². The zero-order valence-corrected chi connectivity index (χ0v) is 18.1. The second-order valence-corrected chi connectivity index (χ2v) is 7.48. The van der Waals surface area contributed by atoms with Crippen LogP contribution in [-0.4, -0.2) is 39.4 Å². The number of hydrogen-bond donors (Lipinski definition) is 1. The van der Waals surface area contributed by atoms with Crippen molar-refractivity contribution >= 4 is 11.9 Å². The van der Waals surface area contributed by atoms with E-state index >= 15 is 0 Å². The first kappa shape index (κ1) is 21.8. The van der Waals surface area contributed by atoms with E-state index in [1.165, 1.54) is 19.3 Å². The molecule has 0 spiro atoms. The smallest absolute Gasteiger partial charge is 0.338 e. The largest absolute Gasteiger partial charge is 0.494 e. The fourth-order valence-electron chi connectivity index (χ4n) is 3.44. The molecule has 0 aliphatic carbocycles. The van der Waals surface area contributed by atoms with Gasteiger partial charge in [-0.1, -0.05) is 56.8 Å². The fourth-order valence-corrected chi connectivity index (χ4v) is 3.44. The van der Waals surface area contributed by atoms with E-state index in [0.717, 1.165) is 30.6 Å². The van der Waals surface area contributed by atoms with Crippen LogP contribution in [0.15, 0.2) is 35.5 Å². The number of aromatic nitrogens is 4. The Balaban J connectivity index is 1.78. The average Bonchev–Trinajstić information content (AvgIpc) is 3.21. The number of carbonyl (C=O) groups is 1. The Hall–Kier alpha value is -2.90. The summed E-state index contributed by atoms with van der Waals surface area (Å²) in [6.45, 7) is 7.20. The van der Waals surface area contributed by atoms with Crippen LogP contribution in [0.1, 0.15) is 70.9 Å². The second-order valence-electron chi connectivity index (χ2n) is 7.48. The molecule has 8 nitrogen and oxygen atoms in total. The maximum absolute atomic E-state index is 12.9. The molecular formula is C22H31N5O3. The number of nitrogens with zero attached hydrogens (tertiary/aromatic N) is 4. The number of ether oxygens (including phenoxy) is 2. The Labute approximate surface area is 177 Å². The third-order valence-corrected chi connectivity index (χ3v) is 5.13. The van der Waals surface area contributed by atoms with Crippen molar-refractivity contribution < 1.29 is 14.3 Å². The lowest BCUT2D eigenvalue weighted by Gasteiger charge is -2.27. The highest BCUT2D eigenvalue weighted by Gasteiger charge is 2.34. The molecule has 0 fully saturated rings. The number of nitrogens with one attached hydrogen (secondary N) is 1. The predicted octanol–water partition coefficient (Wildman–Crippen LogP) is 4.26. The SMILES string of the molecule is CCCCCCOc1ccc(C2C(C(=O)OCCCC)=C(C)Nc3nnnn32)cc1. The van der Waals surface area contributed by atoms with Crippen molar-refractivity contribution in [3.8, 4) is 5.75 Å². The lowest BCUT2D eigenvalue weighted by Crippen LogP contribution is -2.29. The first-order chi connectivity index (χ1) is 14.7. The zero-order chi connectivity index (χ0) is 21.3. The van der Waals surface area contributed by atoms with Crippen molar-refractivity contribution in [1.29, 1.82) is 0 Å². The van der Waals surface area contributed by atoms with Gasteiger partial charge in [0.1, 0.15) is 11.8 Å². The number of rotatable bonds is 11.